The molecular formula is C14H21FN2. The summed E-state index contributed by atoms with van der Waals surface area (Å²) < 4.78 is 13.9. The molecule has 0 radical (unpaired) electrons. The van der Waals surface area contributed by atoms with E-state index in [9.17, 15) is 4.39 Å². The molecule has 0 aromatic heterocycles. The van der Waals surface area contributed by atoms with Gasteiger partial charge in [0.2, 0.25) is 0 Å². The van der Waals surface area contributed by atoms with Gasteiger partial charge in [0.1, 0.15) is 5.82 Å². The molecule has 1 aliphatic rings. The lowest BCUT2D eigenvalue weighted by atomic mass is 9.91. The average Bonchev–Trinajstić information content (AvgIpc) is 2.29. The molecule has 0 bridgehead atoms. The van der Waals surface area contributed by atoms with Crippen LogP contribution in [0.15, 0.2) is 24.3 Å². The molecule has 94 valence electrons. The first-order valence-corrected chi connectivity index (χ1v) is 6.35. The molecule has 2 nitrogen and oxygen atoms in total. The van der Waals surface area contributed by atoms with Gasteiger partial charge in [-0.15, -0.1) is 0 Å². The molecule has 1 saturated heterocycles. The third-order valence-corrected chi connectivity index (χ3v) is 3.61. The van der Waals surface area contributed by atoms with E-state index in [4.69, 9.17) is 5.73 Å². The summed E-state index contributed by atoms with van der Waals surface area (Å²) in [6.07, 6.45) is 1.85. The summed E-state index contributed by atoms with van der Waals surface area (Å²) in [7, 11) is 0. The highest BCUT2D eigenvalue weighted by Gasteiger charge is 2.30. The fraction of sp³-hybridized carbons (Fsp3) is 0.571. The zero-order valence-electron chi connectivity index (χ0n) is 10.6. The Hall–Kier alpha value is -0.930. The molecule has 2 rings (SSSR count). The number of benzene rings is 1. The first kappa shape index (κ1) is 12.5. The lowest BCUT2D eigenvalue weighted by molar-refractivity contribution is 0.0990. The number of hydrogen-bond donors (Lipinski definition) is 1. The standard InChI is InChI=1S/C14H21FN2/c1-10(2)17-8-7-11(16)9-14(17)12-5-3-4-6-13(12)15/h3-6,10-11,14H,7-9,16H2,1-2H3/t11?,14-/m0/s1. The SMILES string of the molecule is CC(C)N1CCC(N)C[C@H]1c1ccccc1F. The largest absolute Gasteiger partial charge is 0.328 e. The number of nitrogens with two attached hydrogens (primary N) is 1. The van der Waals surface area contributed by atoms with E-state index in [-0.39, 0.29) is 17.9 Å². The van der Waals surface area contributed by atoms with Gasteiger partial charge in [-0.25, -0.2) is 4.39 Å². The molecule has 2 N–H and O–H groups in total. The van der Waals surface area contributed by atoms with Crippen LogP contribution in [0.1, 0.15) is 38.3 Å². The molecule has 0 amide bonds. The van der Waals surface area contributed by atoms with Gasteiger partial charge < -0.3 is 5.73 Å². The molecule has 1 aromatic rings. The van der Waals surface area contributed by atoms with Crippen LogP contribution in [0.5, 0.6) is 0 Å². The highest BCUT2D eigenvalue weighted by atomic mass is 19.1. The number of nitrogens with zero attached hydrogens (tertiary/aromatic N) is 1. The van der Waals surface area contributed by atoms with Gasteiger partial charge in [-0.1, -0.05) is 18.2 Å². The fourth-order valence-corrected chi connectivity index (χ4v) is 2.68. The van der Waals surface area contributed by atoms with Crippen LogP contribution in [0.3, 0.4) is 0 Å². The number of hydrogen-bond acceptors (Lipinski definition) is 2. The van der Waals surface area contributed by atoms with Crippen molar-refractivity contribution < 1.29 is 4.39 Å². The van der Waals surface area contributed by atoms with Crippen LogP contribution in [0, 0.1) is 5.82 Å². The Bertz CT molecular complexity index is 378. The highest BCUT2D eigenvalue weighted by Crippen LogP contribution is 2.33. The van der Waals surface area contributed by atoms with E-state index in [2.05, 4.69) is 18.7 Å². The van der Waals surface area contributed by atoms with Crippen molar-refractivity contribution in [3.05, 3.63) is 35.6 Å². The van der Waals surface area contributed by atoms with E-state index in [1.807, 2.05) is 12.1 Å². The highest BCUT2D eigenvalue weighted by molar-refractivity contribution is 5.22. The monoisotopic (exact) mass is 236 g/mol. The van der Waals surface area contributed by atoms with Crippen molar-refractivity contribution in [2.75, 3.05) is 6.54 Å². The second-order valence-corrected chi connectivity index (χ2v) is 5.15. The normalized spacial score (nSPS) is 26.4. The number of likely N-dealkylation sites (tertiary alicyclic amines) is 1. The quantitative estimate of drug-likeness (QED) is 0.855. The summed E-state index contributed by atoms with van der Waals surface area (Å²) in [5.41, 5.74) is 6.81. The maximum Gasteiger partial charge on any atom is 0.127 e. The zero-order valence-corrected chi connectivity index (χ0v) is 10.6. The third-order valence-electron chi connectivity index (χ3n) is 3.61. The third kappa shape index (κ3) is 2.67. The van der Waals surface area contributed by atoms with Gasteiger partial charge in [0.15, 0.2) is 0 Å². The Labute approximate surface area is 103 Å². The lowest BCUT2D eigenvalue weighted by Crippen LogP contribution is -2.45. The van der Waals surface area contributed by atoms with Crippen molar-refractivity contribution in [3.8, 4) is 0 Å². The molecule has 2 atom stereocenters. The lowest BCUT2D eigenvalue weighted by Gasteiger charge is -2.41. The molecule has 1 heterocycles. The van der Waals surface area contributed by atoms with Crippen molar-refractivity contribution in [2.24, 2.45) is 5.73 Å². The summed E-state index contributed by atoms with van der Waals surface area (Å²) >= 11 is 0. The summed E-state index contributed by atoms with van der Waals surface area (Å²) in [6.45, 7) is 5.27. The summed E-state index contributed by atoms with van der Waals surface area (Å²) in [6, 6.07) is 7.79. The van der Waals surface area contributed by atoms with Crippen LogP contribution < -0.4 is 5.73 Å². The molecule has 1 fully saturated rings. The molecule has 1 aliphatic heterocycles. The first-order chi connectivity index (χ1) is 8.09. The summed E-state index contributed by atoms with van der Waals surface area (Å²) in [5, 5.41) is 0. The van der Waals surface area contributed by atoms with Crippen molar-refractivity contribution in [1.82, 2.24) is 4.90 Å². The van der Waals surface area contributed by atoms with Crippen LogP contribution in [0.25, 0.3) is 0 Å². The van der Waals surface area contributed by atoms with Gasteiger partial charge in [0.05, 0.1) is 0 Å². The van der Waals surface area contributed by atoms with Crippen molar-refractivity contribution in [1.29, 1.82) is 0 Å². The Morgan fingerprint density at radius 1 is 1.35 bits per heavy atom. The zero-order chi connectivity index (χ0) is 12.4. The molecule has 0 spiro atoms. The van der Waals surface area contributed by atoms with Gasteiger partial charge in [-0.2, -0.15) is 0 Å². The molecule has 0 saturated carbocycles. The van der Waals surface area contributed by atoms with Crippen LogP contribution in [0.4, 0.5) is 4.39 Å². The van der Waals surface area contributed by atoms with E-state index >= 15 is 0 Å². The first-order valence-electron chi connectivity index (χ1n) is 6.35. The second kappa shape index (κ2) is 5.15. The van der Waals surface area contributed by atoms with Crippen molar-refractivity contribution in [2.45, 2.75) is 44.8 Å². The summed E-state index contributed by atoms with van der Waals surface area (Å²) in [5.74, 6) is -0.114. The topological polar surface area (TPSA) is 29.3 Å². The van der Waals surface area contributed by atoms with Crippen molar-refractivity contribution in [3.63, 3.8) is 0 Å². The number of halogens is 1. The van der Waals surface area contributed by atoms with Crippen LogP contribution in [0.2, 0.25) is 0 Å². The van der Waals surface area contributed by atoms with Gasteiger partial charge in [-0.3, -0.25) is 4.90 Å². The van der Waals surface area contributed by atoms with E-state index < -0.39 is 0 Å². The Morgan fingerprint density at radius 3 is 2.71 bits per heavy atom. The smallest absolute Gasteiger partial charge is 0.127 e. The van der Waals surface area contributed by atoms with E-state index in [0.717, 1.165) is 24.9 Å². The minimum Gasteiger partial charge on any atom is -0.328 e. The van der Waals surface area contributed by atoms with Gasteiger partial charge in [-0.05, 0) is 32.8 Å². The summed E-state index contributed by atoms with van der Waals surface area (Å²) in [4.78, 5) is 2.35. The van der Waals surface area contributed by atoms with E-state index in [0.29, 0.717) is 6.04 Å². The Balaban J connectivity index is 2.29. The van der Waals surface area contributed by atoms with Crippen molar-refractivity contribution >= 4 is 0 Å². The second-order valence-electron chi connectivity index (χ2n) is 5.15. The van der Waals surface area contributed by atoms with Gasteiger partial charge in [0.25, 0.3) is 0 Å². The minimum atomic E-state index is -0.114. The maximum atomic E-state index is 13.9. The average molecular weight is 236 g/mol. The molecule has 3 heteroatoms. The minimum absolute atomic E-state index is 0.114. The molecular weight excluding hydrogens is 215 g/mol. The predicted octanol–water partition coefficient (Wildman–Crippen LogP) is 2.70. The Kier molecular flexibility index (Phi) is 3.79. The fourth-order valence-electron chi connectivity index (χ4n) is 2.68. The maximum absolute atomic E-state index is 13.9. The molecule has 1 aromatic carbocycles. The van der Waals surface area contributed by atoms with Gasteiger partial charge >= 0.3 is 0 Å². The Morgan fingerprint density at radius 2 is 2.06 bits per heavy atom. The van der Waals surface area contributed by atoms with Gasteiger partial charge in [0, 0.05) is 30.2 Å². The molecule has 17 heavy (non-hydrogen) atoms. The number of piperidine rings is 1. The molecule has 1 unspecified atom stereocenters. The van der Waals surface area contributed by atoms with E-state index in [1.54, 1.807) is 6.07 Å². The van der Waals surface area contributed by atoms with Crippen LogP contribution in [-0.4, -0.2) is 23.5 Å². The van der Waals surface area contributed by atoms with E-state index in [1.165, 1.54) is 6.07 Å². The molecule has 0 aliphatic carbocycles. The van der Waals surface area contributed by atoms with Crippen LogP contribution >= 0.6 is 0 Å². The van der Waals surface area contributed by atoms with Crippen LogP contribution in [-0.2, 0) is 0 Å². The predicted molar refractivity (Wildman–Crippen MR) is 68.2 cm³/mol. The number of rotatable bonds is 2.